The third-order valence-electron chi connectivity index (χ3n) is 1.56. The van der Waals surface area contributed by atoms with Gasteiger partial charge in [-0.15, -0.1) is 0 Å². The second-order valence-corrected chi connectivity index (χ2v) is 3.41. The molecule has 17 heavy (non-hydrogen) atoms. The number of nitrogens with two attached hydrogens (primary N) is 1. The zero-order chi connectivity index (χ0) is 13.1. The van der Waals surface area contributed by atoms with E-state index in [9.17, 15) is 9.36 Å². The molecule has 1 aromatic carbocycles. The van der Waals surface area contributed by atoms with Crippen molar-refractivity contribution in [1.82, 2.24) is 0 Å². The van der Waals surface area contributed by atoms with Gasteiger partial charge in [-0.25, -0.2) is 0 Å². The molecule has 0 radical (unpaired) electrons. The van der Waals surface area contributed by atoms with Crippen LogP contribution in [0.4, 0.5) is 0 Å². The van der Waals surface area contributed by atoms with Gasteiger partial charge in [-0.2, -0.15) is 0 Å². The van der Waals surface area contributed by atoms with Gasteiger partial charge >= 0.3 is 14.7 Å². The maximum atomic E-state index is 10.4. The van der Waals surface area contributed by atoms with E-state index < -0.39 is 14.7 Å². The van der Waals surface area contributed by atoms with Crippen LogP contribution in [0.15, 0.2) is 30.3 Å². The number of benzene rings is 1. The van der Waals surface area contributed by atoms with Gasteiger partial charge < -0.3 is 10.5 Å². The molecule has 0 bridgehead atoms. The Bertz CT molecular complexity index is 330. The van der Waals surface area contributed by atoms with Gasteiger partial charge in [-0.1, -0.05) is 18.2 Å². The van der Waals surface area contributed by atoms with Crippen molar-refractivity contribution in [3.8, 4) is 5.75 Å². The Morgan fingerprint density at radius 2 is 2.00 bits per heavy atom. The molecule has 0 spiro atoms. The van der Waals surface area contributed by atoms with Crippen LogP contribution < -0.4 is 10.3 Å². The average Bonchev–Trinajstić information content (AvgIpc) is 2.32. The average molecular weight is 258 g/mol. The zero-order valence-electron chi connectivity index (χ0n) is 9.88. The Morgan fingerprint density at radius 1 is 1.41 bits per heavy atom. The number of ether oxygens (including phenoxy) is 1. The van der Waals surface area contributed by atoms with E-state index in [1.54, 1.807) is 26.0 Å². The maximum absolute atomic E-state index is 10.4. The summed E-state index contributed by atoms with van der Waals surface area (Å²) in [6.07, 6.45) is 0. The van der Waals surface area contributed by atoms with Crippen LogP contribution in [0, 0.1) is 0 Å². The molecule has 0 aliphatic heterocycles. The van der Waals surface area contributed by atoms with Crippen LogP contribution in [0.3, 0.4) is 0 Å². The summed E-state index contributed by atoms with van der Waals surface area (Å²) in [7, 11) is -0.715. The van der Waals surface area contributed by atoms with E-state index in [-0.39, 0.29) is 5.97 Å². The molecule has 0 saturated carbocycles. The van der Waals surface area contributed by atoms with E-state index in [1.807, 2.05) is 18.2 Å². The zero-order valence-corrected chi connectivity index (χ0v) is 10.9. The first-order chi connectivity index (χ1) is 8.11. The molecule has 0 amide bonds. The minimum Gasteiger partial charge on any atom is -0.465 e. The summed E-state index contributed by atoms with van der Waals surface area (Å²) in [5.41, 5.74) is 5.15. The highest BCUT2D eigenvalue weighted by Crippen LogP contribution is 2.12. The third kappa shape index (κ3) is 8.37. The van der Waals surface area contributed by atoms with Crippen LogP contribution >= 0.6 is 8.69 Å². The molecule has 1 unspecified atom stereocenters. The monoisotopic (exact) mass is 258 g/mol. The molecule has 0 fully saturated rings. The molecule has 1 aromatic rings. The molecule has 94 valence electrons. The van der Waals surface area contributed by atoms with Crippen LogP contribution in [0.1, 0.15) is 13.8 Å². The van der Waals surface area contributed by atoms with Gasteiger partial charge in [0.1, 0.15) is 6.04 Å². The molecular formula is C11H17NO4P+. The molecule has 5 nitrogen and oxygen atoms in total. The van der Waals surface area contributed by atoms with Crippen LogP contribution in [-0.4, -0.2) is 18.6 Å². The lowest BCUT2D eigenvalue weighted by Crippen LogP contribution is -2.28. The van der Waals surface area contributed by atoms with Crippen molar-refractivity contribution < 1.29 is 18.6 Å². The summed E-state index contributed by atoms with van der Waals surface area (Å²) in [6, 6.07) is 8.55. The molecule has 6 heteroatoms. The molecule has 0 aromatic heterocycles. The Morgan fingerprint density at radius 3 is 2.35 bits per heavy atom. The summed E-state index contributed by atoms with van der Waals surface area (Å²) >= 11 is 0. The fourth-order valence-electron chi connectivity index (χ4n) is 0.810. The lowest BCUT2D eigenvalue weighted by molar-refractivity contribution is -0.144. The van der Waals surface area contributed by atoms with Crippen molar-refractivity contribution in [3.63, 3.8) is 0 Å². The molecule has 2 atom stereocenters. The predicted molar refractivity (Wildman–Crippen MR) is 66.4 cm³/mol. The van der Waals surface area contributed by atoms with Crippen molar-refractivity contribution in [2.45, 2.75) is 19.9 Å². The van der Waals surface area contributed by atoms with Gasteiger partial charge in [0, 0.05) is 0 Å². The van der Waals surface area contributed by atoms with Crippen LogP contribution in [-0.2, 0) is 14.1 Å². The Kier molecular flexibility index (Phi) is 8.92. The lowest BCUT2D eigenvalue weighted by Gasteiger charge is -2.02. The third-order valence-corrected chi connectivity index (χ3v) is 1.88. The summed E-state index contributed by atoms with van der Waals surface area (Å²) in [5.74, 6) is 0.304. The number of para-hydroxylation sites is 1. The first kappa shape index (κ1) is 15.6. The van der Waals surface area contributed by atoms with E-state index >= 15 is 0 Å². The molecule has 0 aliphatic carbocycles. The second kappa shape index (κ2) is 9.75. The molecule has 0 aliphatic rings. The molecular weight excluding hydrogens is 241 g/mol. The normalized spacial score (nSPS) is 11.0. The Hall–Kier alpha value is -1.45. The Labute approximate surface area is 102 Å². The smallest absolute Gasteiger partial charge is 0.465 e. The number of carbonyl (C=O) groups is 1. The number of hydrogen-bond donors (Lipinski definition) is 1. The molecule has 2 N–H and O–H groups in total. The van der Waals surface area contributed by atoms with E-state index in [2.05, 4.69) is 9.26 Å². The van der Waals surface area contributed by atoms with Gasteiger partial charge in [0.2, 0.25) is 0 Å². The van der Waals surface area contributed by atoms with E-state index in [0.29, 0.717) is 12.4 Å². The highest BCUT2D eigenvalue weighted by atomic mass is 31.1. The summed E-state index contributed by atoms with van der Waals surface area (Å²) in [6.45, 7) is 3.75. The molecule has 0 heterocycles. The summed E-state index contributed by atoms with van der Waals surface area (Å²) in [5, 5.41) is 0. The molecule has 0 saturated heterocycles. The first-order valence-corrected chi connectivity index (χ1v) is 5.94. The highest BCUT2D eigenvalue weighted by molar-refractivity contribution is 7.17. The van der Waals surface area contributed by atoms with Crippen LogP contribution in [0.2, 0.25) is 0 Å². The van der Waals surface area contributed by atoms with Gasteiger partial charge in [0.15, 0.2) is 5.75 Å². The fourth-order valence-corrected chi connectivity index (χ4v) is 1.04. The first-order valence-electron chi connectivity index (χ1n) is 5.13. The van der Waals surface area contributed by atoms with Crippen LogP contribution in [0.5, 0.6) is 5.75 Å². The standard InChI is InChI=1S/C6H6O2P.C5H11NO2/c7-9-8-6-4-2-1-3-5-6;1-3-8-5(7)4(2)6/h1-5,9H;4H,3,6H2,1-2H3/q+1;/t;4-/m.0/s1. The second-order valence-electron chi connectivity index (χ2n) is 3.04. The summed E-state index contributed by atoms with van der Waals surface area (Å²) < 4.78 is 19.1. The number of rotatable bonds is 4. The number of carbonyl (C=O) groups excluding carboxylic acids is 1. The van der Waals surface area contributed by atoms with Gasteiger partial charge in [-0.05, 0) is 30.5 Å². The van der Waals surface area contributed by atoms with Crippen molar-refractivity contribution in [1.29, 1.82) is 0 Å². The lowest BCUT2D eigenvalue weighted by atomic mass is 10.3. The molecule has 1 rings (SSSR count). The SMILES string of the molecule is CCOC(=O)[C@H](C)N.O=[PH+]Oc1ccccc1. The van der Waals surface area contributed by atoms with Gasteiger partial charge in [0.05, 0.1) is 6.61 Å². The van der Waals surface area contributed by atoms with Crippen molar-refractivity contribution in [2.75, 3.05) is 6.61 Å². The topological polar surface area (TPSA) is 78.6 Å². The van der Waals surface area contributed by atoms with E-state index in [0.717, 1.165) is 0 Å². The maximum Gasteiger partial charge on any atom is 0.542 e. The number of esters is 1. The van der Waals surface area contributed by atoms with E-state index in [1.165, 1.54) is 0 Å². The largest absolute Gasteiger partial charge is 0.542 e. The Balaban J connectivity index is 0.000000304. The minimum absolute atomic E-state index is 0.340. The highest BCUT2D eigenvalue weighted by Gasteiger charge is 2.05. The van der Waals surface area contributed by atoms with E-state index in [4.69, 9.17) is 5.73 Å². The van der Waals surface area contributed by atoms with Crippen LogP contribution in [0.25, 0.3) is 0 Å². The summed E-state index contributed by atoms with van der Waals surface area (Å²) in [4.78, 5) is 10.4. The van der Waals surface area contributed by atoms with Crippen molar-refractivity contribution >= 4 is 14.7 Å². The fraction of sp³-hybridized carbons (Fsp3) is 0.364. The van der Waals surface area contributed by atoms with Crippen molar-refractivity contribution in [2.24, 2.45) is 5.73 Å². The predicted octanol–water partition coefficient (Wildman–Crippen LogP) is 1.90. The van der Waals surface area contributed by atoms with Crippen molar-refractivity contribution in [3.05, 3.63) is 30.3 Å². The minimum atomic E-state index is -0.715. The van der Waals surface area contributed by atoms with Gasteiger partial charge in [-0.3, -0.25) is 9.32 Å². The quantitative estimate of drug-likeness (QED) is 0.659. The van der Waals surface area contributed by atoms with Gasteiger partial charge in [0.25, 0.3) is 0 Å². The number of hydrogen-bond acceptors (Lipinski definition) is 5.